The number of nitrogens with zero attached hydrogens (tertiary/aromatic N) is 1. The topological polar surface area (TPSA) is 103 Å². The summed E-state index contributed by atoms with van der Waals surface area (Å²) in [5.41, 5.74) is 6.94. The molecule has 1 aliphatic rings. The van der Waals surface area contributed by atoms with Gasteiger partial charge in [-0.25, -0.2) is 13.2 Å². The second-order valence-corrected chi connectivity index (χ2v) is 8.62. The minimum Gasteiger partial charge on any atom is -0.465 e. The van der Waals surface area contributed by atoms with Gasteiger partial charge in [0, 0.05) is 19.0 Å². The van der Waals surface area contributed by atoms with Gasteiger partial charge in [-0.15, -0.1) is 0 Å². The molecule has 7 nitrogen and oxygen atoms in total. The van der Waals surface area contributed by atoms with Crippen molar-refractivity contribution in [2.45, 2.75) is 24.7 Å². The Labute approximate surface area is 159 Å². The first-order valence-electron chi connectivity index (χ1n) is 8.74. The molecule has 0 saturated carbocycles. The van der Waals surface area contributed by atoms with Gasteiger partial charge in [0.15, 0.2) is 0 Å². The molecule has 3 rings (SSSR count). The summed E-state index contributed by atoms with van der Waals surface area (Å²) in [7, 11) is -2.72. The molecule has 2 atom stereocenters. The number of carbonyl (C=O) groups is 1. The van der Waals surface area contributed by atoms with Crippen molar-refractivity contribution in [3.8, 4) is 0 Å². The Morgan fingerprint density at radius 1 is 1.22 bits per heavy atom. The van der Waals surface area contributed by atoms with Crippen molar-refractivity contribution in [3.05, 3.63) is 53.0 Å². The summed E-state index contributed by atoms with van der Waals surface area (Å²) in [4.78, 5) is 12.0. The van der Waals surface area contributed by atoms with E-state index in [0.717, 1.165) is 5.56 Å². The Balaban J connectivity index is 2.01. The summed E-state index contributed by atoms with van der Waals surface area (Å²) >= 11 is 0. The van der Waals surface area contributed by atoms with Crippen LogP contribution in [0.5, 0.6) is 0 Å². The molecule has 2 heterocycles. The van der Waals surface area contributed by atoms with Crippen molar-refractivity contribution in [1.29, 1.82) is 0 Å². The number of carbonyl (C=O) groups excluding carboxylic acids is 1. The zero-order chi connectivity index (χ0) is 19.8. The molecule has 27 heavy (non-hydrogen) atoms. The Bertz CT molecular complexity index is 937. The van der Waals surface area contributed by atoms with Gasteiger partial charge >= 0.3 is 5.97 Å². The number of nitrogens with two attached hydrogens (primary N) is 1. The largest absolute Gasteiger partial charge is 0.465 e. The molecule has 1 saturated heterocycles. The van der Waals surface area contributed by atoms with Crippen molar-refractivity contribution in [2.24, 2.45) is 11.7 Å². The van der Waals surface area contributed by atoms with Gasteiger partial charge in [0.1, 0.15) is 22.0 Å². The number of rotatable bonds is 5. The standard InChI is InChI=1S/C19H24N2O5S/c1-12-17(19(22)25-3)18(13(2)26-12)27(23,24)21-10-15(9-20)16(11-21)14-7-5-4-6-8-14/h4-8,15-16H,9-11,20H2,1-3H3/t15-,16+/m1/s1. The molecule has 2 aromatic rings. The highest BCUT2D eigenvalue weighted by molar-refractivity contribution is 7.89. The quantitative estimate of drug-likeness (QED) is 0.781. The Kier molecular flexibility index (Phi) is 5.41. The lowest BCUT2D eigenvalue weighted by atomic mass is 9.89. The van der Waals surface area contributed by atoms with E-state index in [4.69, 9.17) is 14.9 Å². The number of sulfonamides is 1. The summed E-state index contributed by atoms with van der Waals surface area (Å²) in [6.45, 7) is 4.06. The second kappa shape index (κ2) is 7.46. The third-order valence-corrected chi connectivity index (χ3v) is 7.12. The van der Waals surface area contributed by atoms with Crippen molar-refractivity contribution < 1.29 is 22.4 Å². The Morgan fingerprint density at radius 2 is 1.89 bits per heavy atom. The smallest absolute Gasteiger partial charge is 0.342 e. The summed E-state index contributed by atoms with van der Waals surface area (Å²) in [5.74, 6) is -0.317. The number of esters is 1. The molecule has 0 radical (unpaired) electrons. The molecule has 0 aliphatic carbocycles. The maximum absolute atomic E-state index is 13.4. The van der Waals surface area contributed by atoms with E-state index in [1.807, 2.05) is 30.3 Å². The van der Waals surface area contributed by atoms with Gasteiger partial charge in [-0.05, 0) is 31.9 Å². The van der Waals surface area contributed by atoms with Crippen LogP contribution in [0.15, 0.2) is 39.6 Å². The van der Waals surface area contributed by atoms with Crippen molar-refractivity contribution in [1.82, 2.24) is 4.31 Å². The number of benzene rings is 1. The number of aryl methyl sites for hydroxylation is 2. The van der Waals surface area contributed by atoms with Crippen LogP contribution in [0.25, 0.3) is 0 Å². The van der Waals surface area contributed by atoms with Gasteiger partial charge in [0.2, 0.25) is 10.0 Å². The fourth-order valence-electron chi connectivity index (χ4n) is 3.79. The molecule has 2 N–H and O–H groups in total. The lowest BCUT2D eigenvalue weighted by Crippen LogP contribution is -2.31. The van der Waals surface area contributed by atoms with Crippen LogP contribution < -0.4 is 5.73 Å². The highest BCUT2D eigenvalue weighted by atomic mass is 32.2. The molecule has 0 bridgehead atoms. The van der Waals surface area contributed by atoms with Crippen molar-refractivity contribution >= 4 is 16.0 Å². The number of hydrogen-bond acceptors (Lipinski definition) is 6. The molecule has 1 fully saturated rings. The average Bonchev–Trinajstić information content (AvgIpc) is 3.23. The van der Waals surface area contributed by atoms with Crippen LogP contribution in [0.3, 0.4) is 0 Å². The predicted octanol–water partition coefficient (Wildman–Crippen LogP) is 2.05. The van der Waals surface area contributed by atoms with E-state index in [1.54, 1.807) is 6.92 Å². The molecular formula is C19H24N2O5S. The van der Waals surface area contributed by atoms with Gasteiger partial charge < -0.3 is 14.9 Å². The molecule has 1 aromatic heterocycles. The van der Waals surface area contributed by atoms with E-state index >= 15 is 0 Å². The summed E-state index contributed by atoms with van der Waals surface area (Å²) in [6.07, 6.45) is 0. The minimum absolute atomic E-state index is 0.000792. The maximum atomic E-state index is 13.4. The lowest BCUT2D eigenvalue weighted by Gasteiger charge is -2.17. The van der Waals surface area contributed by atoms with Crippen LogP contribution in [0.1, 0.15) is 33.4 Å². The van der Waals surface area contributed by atoms with E-state index in [2.05, 4.69) is 0 Å². The summed E-state index contributed by atoms with van der Waals surface area (Å²) in [5, 5.41) is 0. The first-order valence-corrected chi connectivity index (χ1v) is 10.2. The summed E-state index contributed by atoms with van der Waals surface area (Å²) < 4.78 is 38.3. The molecule has 1 aromatic carbocycles. The summed E-state index contributed by atoms with van der Waals surface area (Å²) in [6, 6.07) is 9.75. The van der Waals surface area contributed by atoms with Crippen LogP contribution >= 0.6 is 0 Å². The number of furan rings is 1. The molecule has 1 aliphatic heterocycles. The maximum Gasteiger partial charge on any atom is 0.342 e. The van der Waals surface area contributed by atoms with Crippen LogP contribution in [-0.4, -0.2) is 45.4 Å². The Morgan fingerprint density at radius 3 is 2.48 bits per heavy atom. The van der Waals surface area contributed by atoms with Crippen molar-refractivity contribution in [3.63, 3.8) is 0 Å². The second-order valence-electron chi connectivity index (χ2n) is 6.75. The molecule has 0 unspecified atom stereocenters. The zero-order valence-corrected chi connectivity index (χ0v) is 16.5. The van der Waals surface area contributed by atoms with Crippen LogP contribution in [0, 0.1) is 19.8 Å². The van der Waals surface area contributed by atoms with E-state index < -0.39 is 16.0 Å². The molecule has 0 spiro atoms. The minimum atomic E-state index is -3.94. The molecule has 0 amide bonds. The number of hydrogen-bond donors (Lipinski definition) is 1. The first kappa shape index (κ1) is 19.6. The average molecular weight is 392 g/mol. The van der Waals surface area contributed by atoms with Crippen LogP contribution in [0.2, 0.25) is 0 Å². The highest BCUT2D eigenvalue weighted by Gasteiger charge is 2.43. The molecular weight excluding hydrogens is 368 g/mol. The normalized spacial score (nSPS) is 20.7. The van der Waals surface area contributed by atoms with Gasteiger partial charge in [0.25, 0.3) is 0 Å². The third kappa shape index (κ3) is 3.40. The molecule has 8 heteroatoms. The number of ether oxygens (including phenoxy) is 1. The van der Waals surface area contributed by atoms with E-state index in [-0.39, 0.29) is 33.8 Å². The fourth-order valence-corrected chi connectivity index (χ4v) is 5.68. The van der Waals surface area contributed by atoms with Gasteiger partial charge in [-0.1, -0.05) is 30.3 Å². The van der Waals surface area contributed by atoms with Gasteiger partial charge in [0.05, 0.1) is 7.11 Å². The highest BCUT2D eigenvalue weighted by Crippen LogP contribution is 2.37. The third-order valence-electron chi connectivity index (χ3n) is 5.13. The SMILES string of the molecule is COC(=O)c1c(C)oc(C)c1S(=O)(=O)N1C[C@@H](CN)[C@H](c2ccccc2)C1. The van der Waals surface area contributed by atoms with Gasteiger partial charge in [-0.2, -0.15) is 4.31 Å². The van der Waals surface area contributed by atoms with Crippen LogP contribution in [0.4, 0.5) is 0 Å². The zero-order valence-electron chi connectivity index (χ0n) is 15.6. The lowest BCUT2D eigenvalue weighted by molar-refractivity contribution is 0.0594. The number of methoxy groups -OCH3 is 1. The predicted molar refractivity (Wildman–Crippen MR) is 100 cm³/mol. The molecule has 146 valence electrons. The fraction of sp³-hybridized carbons (Fsp3) is 0.421. The first-order chi connectivity index (χ1) is 12.8. The Hall–Kier alpha value is -2.16. The van der Waals surface area contributed by atoms with Crippen LogP contribution in [-0.2, 0) is 14.8 Å². The van der Waals surface area contributed by atoms with Crippen molar-refractivity contribution in [2.75, 3.05) is 26.7 Å². The monoisotopic (exact) mass is 392 g/mol. The van der Waals surface area contributed by atoms with E-state index in [1.165, 1.54) is 18.3 Å². The van der Waals surface area contributed by atoms with E-state index in [0.29, 0.717) is 19.6 Å². The van der Waals surface area contributed by atoms with E-state index in [9.17, 15) is 13.2 Å². The van der Waals surface area contributed by atoms with Gasteiger partial charge in [-0.3, -0.25) is 0 Å².